The van der Waals surface area contributed by atoms with Crippen molar-refractivity contribution in [1.82, 2.24) is 19.9 Å². The molecule has 1 atom stereocenters. The van der Waals surface area contributed by atoms with E-state index in [9.17, 15) is 0 Å². The first kappa shape index (κ1) is 18.2. The van der Waals surface area contributed by atoms with E-state index in [0.717, 1.165) is 22.3 Å². The maximum Gasteiger partial charge on any atom is 0.155 e. The monoisotopic (exact) mass is 374 g/mol. The van der Waals surface area contributed by atoms with Crippen molar-refractivity contribution in [3.63, 3.8) is 0 Å². The Kier molecular flexibility index (Phi) is 4.14. The fourth-order valence-electron chi connectivity index (χ4n) is 4.14. The van der Waals surface area contributed by atoms with Crippen LogP contribution >= 0.6 is 0 Å². The van der Waals surface area contributed by atoms with E-state index in [1.165, 1.54) is 22.3 Å². The summed E-state index contributed by atoms with van der Waals surface area (Å²) in [6, 6.07) is 17.0. The summed E-state index contributed by atoms with van der Waals surface area (Å²) in [6.45, 7) is 4.98. The summed E-state index contributed by atoms with van der Waals surface area (Å²) in [6.07, 6.45) is 3.52. The SMILES string of the molecule is [B]C1([B])NCC(c2ccc(C)c(C)c2)c2ccc(-c3ccc4ncnn4c3)cc21. The number of hydrogen-bond donors (Lipinski definition) is 1. The van der Waals surface area contributed by atoms with Gasteiger partial charge in [0.1, 0.15) is 6.33 Å². The average molecular weight is 374 g/mol. The number of pyridine rings is 1. The minimum absolute atomic E-state index is 0.205. The van der Waals surface area contributed by atoms with Gasteiger partial charge in [-0.05, 0) is 64.7 Å². The molecule has 1 unspecified atom stereocenters. The van der Waals surface area contributed by atoms with E-state index in [-0.39, 0.29) is 5.92 Å². The fraction of sp³-hybridized carbons (Fsp3) is 0.217. The van der Waals surface area contributed by atoms with Gasteiger partial charge in [-0.15, -0.1) is 0 Å². The lowest BCUT2D eigenvalue weighted by Gasteiger charge is -2.40. The van der Waals surface area contributed by atoms with Gasteiger partial charge in [0.05, 0.1) is 15.7 Å². The van der Waals surface area contributed by atoms with Crippen LogP contribution < -0.4 is 5.32 Å². The van der Waals surface area contributed by atoms with Gasteiger partial charge in [0.2, 0.25) is 0 Å². The summed E-state index contributed by atoms with van der Waals surface area (Å²) < 4.78 is 1.77. The smallest absolute Gasteiger partial charge is 0.155 e. The highest BCUT2D eigenvalue weighted by Crippen LogP contribution is 2.38. The van der Waals surface area contributed by atoms with Crippen LogP contribution in [-0.2, 0) is 5.34 Å². The Balaban J connectivity index is 1.62. The first-order chi connectivity index (χ1) is 13.9. The quantitative estimate of drug-likeness (QED) is 0.548. The molecular weight excluding hydrogens is 354 g/mol. The average Bonchev–Trinajstić information content (AvgIpc) is 3.18. The molecule has 1 aliphatic rings. The molecule has 0 saturated carbocycles. The van der Waals surface area contributed by atoms with Crippen LogP contribution in [0.2, 0.25) is 0 Å². The number of nitrogens with zero attached hydrogens (tertiary/aromatic N) is 3. The minimum Gasteiger partial charge on any atom is -0.323 e. The number of nitrogens with one attached hydrogen (secondary N) is 1. The van der Waals surface area contributed by atoms with E-state index in [1.807, 2.05) is 18.3 Å². The molecule has 0 aliphatic carbocycles. The Morgan fingerprint density at radius 3 is 2.66 bits per heavy atom. The maximum atomic E-state index is 6.44. The second kappa shape index (κ2) is 6.60. The maximum absolute atomic E-state index is 6.44. The molecule has 138 valence electrons. The standard InChI is InChI=1S/C23H20B2N4/c1-14-3-4-17(9-15(14)2)20-11-27-23(24,25)21-10-16(5-7-19(20)21)18-6-8-22-26-13-28-29(22)12-18/h3-10,12-13,20,27H,11H2,1-2H3. The molecule has 4 nitrogen and oxygen atoms in total. The molecule has 0 spiro atoms. The van der Waals surface area contributed by atoms with Gasteiger partial charge in [-0.1, -0.05) is 36.4 Å². The largest absolute Gasteiger partial charge is 0.323 e. The van der Waals surface area contributed by atoms with E-state index in [4.69, 9.17) is 15.7 Å². The molecule has 0 fully saturated rings. The predicted octanol–water partition coefficient (Wildman–Crippen LogP) is 3.20. The van der Waals surface area contributed by atoms with Crippen LogP contribution in [-0.4, -0.2) is 36.8 Å². The third-order valence-corrected chi connectivity index (χ3v) is 6.01. The van der Waals surface area contributed by atoms with Crippen LogP contribution in [0.25, 0.3) is 16.8 Å². The number of rotatable bonds is 2. The molecule has 29 heavy (non-hydrogen) atoms. The number of aryl methyl sites for hydroxylation is 2. The van der Waals surface area contributed by atoms with Crippen molar-refractivity contribution in [2.24, 2.45) is 0 Å². The summed E-state index contributed by atoms with van der Waals surface area (Å²) in [5.74, 6) is 0.205. The highest BCUT2D eigenvalue weighted by atomic mass is 15.3. The van der Waals surface area contributed by atoms with Crippen molar-refractivity contribution in [1.29, 1.82) is 0 Å². The number of benzene rings is 2. The third kappa shape index (κ3) is 3.08. The van der Waals surface area contributed by atoms with Gasteiger partial charge in [-0.2, -0.15) is 5.10 Å². The van der Waals surface area contributed by atoms with E-state index < -0.39 is 5.34 Å². The van der Waals surface area contributed by atoms with Gasteiger partial charge in [-0.25, -0.2) is 9.50 Å². The summed E-state index contributed by atoms with van der Waals surface area (Å²) in [4.78, 5) is 4.21. The first-order valence-electron chi connectivity index (χ1n) is 9.76. The Bertz CT molecular complexity index is 1230. The first-order valence-corrected chi connectivity index (χ1v) is 9.76. The normalized spacial score (nSPS) is 17.9. The Hall–Kier alpha value is -2.85. The molecule has 4 radical (unpaired) electrons. The van der Waals surface area contributed by atoms with Crippen molar-refractivity contribution in [2.75, 3.05) is 6.54 Å². The van der Waals surface area contributed by atoms with Crippen LogP contribution in [0.5, 0.6) is 0 Å². The number of aromatic nitrogens is 3. The molecule has 5 rings (SSSR count). The highest BCUT2D eigenvalue weighted by Gasteiger charge is 2.32. The zero-order valence-electron chi connectivity index (χ0n) is 16.6. The Morgan fingerprint density at radius 2 is 1.83 bits per heavy atom. The predicted molar refractivity (Wildman–Crippen MR) is 117 cm³/mol. The third-order valence-electron chi connectivity index (χ3n) is 6.01. The molecule has 0 amide bonds. The lowest BCUT2D eigenvalue weighted by molar-refractivity contribution is 0.535. The topological polar surface area (TPSA) is 42.2 Å². The highest BCUT2D eigenvalue weighted by molar-refractivity contribution is 6.40. The van der Waals surface area contributed by atoms with Crippen molar-refractivity contribution < 1.29 is 0 Å². The van der Waals surface area contributed by atoms with Gasteiger partial charge < -0.3 is 5.32 Å². The van der Waals surface area contributed by atoms with Crippen LogP contribution in [0.3, 0.4) is 0 Å². The van der Waals surface area contributed by atoms with Gasteiger partial charge in [0.15, 0.2) is 5.65 Å². The molecule has 2 aromatic carbocycles. The van der Waals surface area contributed by atoms with Crippen LogP contribution in [0.15, 0.2) is 61.1 Å². The van der Waals surface area contributed by atoms with Crippen LogP contribution in [0, 0.1) is 13.8 Å². The zero-order valence-corrected chi connectivity index (χ0v) is 16.6. The summed E-state index contributed by atoms with van der Waals surface area (Å²) >= 11 is 0. The molecule has 1 N–H and O–H groups in total. The van der Waals surface area contributed by atoms with E-state index >= 15 is 0 Å². The molecule has 2 aromatic heterocycles. The van der Waals surface area contributed by atoms with E-state index in [0.29, 0.717) is 6.54 Å². The number of fused-ring (bicyclic) bond motifs is 2. The Morgan fingerprint density at radius 1 is 1.00 bits per heavy atom. The van der Waals surface area contributed by atoms with Crippen LogP contribution in [0.1, 0.15) is 33.7 Å². The second-order valence-corrected chi connectivity index (χ2v) is 7.93. The molecule has 3 heterocycles. The molecule has 6 heteroatoms. The summed E-state index contributed by atoms with van der Waals surface area (Å²) in [7, 11) is 12.9. The van der Waals surface area contributed by atoms with Crippen molar-refractivity contribution in [3.8, 4) is 11.1 Å². The molecule has 1 aliphatic heterocycles. The molecular formula is C23H20B2N4. The van der Waals surface area contributed by atoms with Crippen molar-refractivity contribution in [3.05, 3.63) is 88.9 Å². The summed E-state index contributed by atoms with van der Waals surface area (Å²) in [5.41, 5.74) is 8.84. The Labute approximate surface area is 173 Å². The number of hydrogen-bond acceptors (Lipinski definition) is 3. The fourth-order valence-corrected chi connectivity index (χ4v) is 4.14. The van der Waals surface area contributed by atoms with E-state index in [1.54, 1.807) is 10.8 Å². The molecule has 0 saturated heterocycles. The lowest BCUT2D eigenvalue weighted by Crippen LogP contribution is -2.50. The van der Waals surface area contributed by atoms with Crippen LogP contribution in [0.4, 0.5) is 0 Å². The van der Waals surface area contributed by atoms with Crippen molar-refractivity contribution >= 4 is 21.3 Å². The lowest BCUT2D eigenvalue weighted by atomic mass is 9.54. The van der Waals surface area contributed by atoms with Gasteiger partial charge >= 0.3 is 0 Å². The second-order valence-electron chi connectivity index (χ2n) is 7.93. The van der Waals surface area contributed by atoms with Gasteiger partial charge in [0, 0.05) is 24.2 Å². The molecule has 4 aromatic rings. The zero-order chi connectivity index (χ0) is 20.2. The van der Waals surface area contributed by atoms with Gasteiger partial charge in [0.25, 0.3) is 0 Å². The summed E-state index contributed by atoms with van der Waals surface area (Å²) in [5, 5.41) is 6.49. The van der Waals surface area contributed by atoms with E-state index in [2.05, 4.69) is 65.6 Å². The molecule has 0 bridgehead atoms. The van der Waals surface area contributed by atoms with Crippen molar-refractivity contribution in [2.45, 2.75) is 25.1 Å². The minimum atomic E-state index is -1.07. The van der Waals surface area contributed by atoms with Gasteiger partial charge in [-0.3, -0.25) is 0 Å².